The Balaban J connectivity index is 0.000000762. The SMILES string of the molecule is CC(C)c1ccc(Cc2ccccc2C(O)C(CO)(CO)CO)c(C(C)C)c1.OP(O)OP(O)O. The summed E-state index contributed by atoms with van der Waals surface area (Å²) in [5, 5.41) is 40.0. The number of hydrogen-bond acceptors (Lipinski definition) is 9. The summed E-state index contributed by atoms with van der Waals surface area (Å²) in [7, 11) is -5.22. The lowest BCUT2D eigenvalue weighted by atomic mass is 9.78. The zero-order valence-corrected chi connectivity index (χ0v) is 22.3. The highest BCUT2D eigenvalue weighted by molar-refractivity contribution is 7.53. The fourth-order valence-electron chi connectivity index (χ4n) is 3.64. The van der Waals surface area contributed by atoms with Crippen LogP contribution < -0.4 is 0 Å². The van der Waals surface area contributed by atoms with Gasteiger partial charge in [-0.05, 0) is 46.1 Å². The number of rotatable bonds is 11. The first-order valence-electron chi connectivity index (χ1n) is 11.2. The van der Waals surface area contributed by atoms with Gasteiger partial charge in [0.2, 0.25) is 0 Å². The van der Waals surface area contributed by atoms with Gasteiger partial charge in [0.1, 0.15) is 0 Å². The summed E-state index contributed by atoms with van der Waals surface area (Å²) in [6.07, 6.45) is -0.529. The summed E-state index contributed by atoms with van der Waals surface area (Å²) < 4.78 is 3.60. The van der Waals surface area contributed by atoms with Gasteiger partial charge < -0.3 is 40.0 Å². The van der Waals surface area contributed by atoms with Gasteiger partial charge in [-0.25, -0.2) is 4.31 Å². The van der Waals surface area contributed by atoms with E-state index in [2.05, 4.69) is 50.2 Å². The number of hydrogen-bond donors (Lipinski definition) is 8. The van der Waals surface area contributed by atoms with Crippen LogP contribution in [0.2, 0.25) is 0 Å². The van der Waals surface area contributed by atoms with Crippen LogP contribution in [-0.4, -0.2) is 59.8 Å². The summed E-state index contributed by atoms with van der Waals surface area (Å²) in [5.41, 5.74) is 3.96. The van der Waals surface area contributed by atoms with Crippen LogP contribution in [0.1, 0.15) is 73.5 Å². The third-order valence-corrected chi connectivity index (χ3v) is 7.03. The van der Waals surface area contributed by atoms with Crippen molar-refractivity contribution in [3.05, 3.63) is 70.3 Å². The van der Waals surface area contributed by atoms with Crippen molar-refractivity contribution in [3.63, 3.8) is 0 Å². The van der Waals surface area contributed by atoms with Gasteiger partial charge in [0.25, 0.3) is 0 Å². The highest BCUT2D eigenvalue weighted by Crippen LogP contribution is 2.41. The monoisotopic (exact) mass is 532 g/mol. The predicted octanol–water partition coefficient (Wildman–Crippen LogP) is 2.95. The van der Waals surface area contributed by atoms with E-state index in [1.165, 1.54) is 16.7 Å². The maximum atomic E-state index is 10.9. The van der Waals surface area contributed by atoms with E-state index in [9.17, 15) is 20.4 Å². The van der Waals surface area contributed by atoms with Gasteiger partial charge >= 0.3 is 17.2 Å². The van der Waals surface area contributed by atoms with Crippen LogP contribution in [0.5, 0.6) is 0 Å². The van der Waals surface area contributed by atoms with Gasteiger partial charge in [0.05, 0.1) is 31.3 Å². The molecule has 0 bridgehead atoms. The molecule has 0 amide bonds. The quantitative estimate of drug-likeness (QED) is 0.203. The van der Waals surface area contributed by atoms with Crippen molar-refractivity contribution in [1.82, 2.24) is 0 Å². The summed E-state index contributed by atoms with van der Waals surface area (Å²) in [6, 6.07) is 14.1. The Kier molecular flexibility index (Phi) is 13.9. The molecule has 2 aromatic rings. The van der Waals surface area contributed by atoms with Gasteiger partial charge in [0, 0.05) is 0 Å². The molecule has 2 aromatic carbocycles. The molecular formula is C24H38O9P2. The molecule has 0 radical (unpaired) electrons. The molecule has 0 aliphatic rings. The van der Waals surface area contributed by atoms with E-state index in [0.29, 0.717) is 23.8 Å². The van der Waals surface area contributed by atoms with Crippen LogP contribution in [0.15, 0.2) is 42.5 Å². The Hall–Kier alpha value is -1.06. The minimum atomic E-state index is -2.61. The lowest BCUT2D eigenvalue weighted by molar-refractivity contribution is -0.0854. The number of aliphatic hydroxyl groups excluding tert-OH is 4. The third-order valence-electron chi connectivity index (χ3n) is 5.86. The maximum Gasteiger partial charge on any atom is 0.334 e. The zero-order valence-electron chi connectivity index (χ0n) is 20.5. The fourth-order valence-corrected chi connectivity index (χ4v) is 4.17. The van der Waals surface area contributed by atoms with Crippen molar-refractivity contribution in [2.45, 2.75) is 52.1 Å². The molecule has 0 fully saturated rings. The molecule has 0 heterocycles. The molecule has 8 N–H and O–H groups in total. The predicted molar refractivity (Wildman–Crippen MR) is 136 cm³/mol. The van der Waals surface area contributed by atoms with Gasteiger partial charge in [-0.2, -0.15) is 0 Å². The molecule has 35 heavy (non-hydrogen) atoms. The Morgan fingerprint density at radius 3 is 1.69 bits per heavy atom. The van der Waals surface area contributed by atoms with E-state index in [0.717, 1.165) is 5.56 Å². The molecule has 1 unspecified atom stereocenters. The summed E-state index contributed by atoms with van der Waals surface area (Å²) >= 11 is 0. The average Bonchev–Trinajstić information content (AvgIpc) is 2.80. The van der Waals surface area contributed by atoms with Crippen LogP contribution in [0.3, 0.4) is 0 Å². The second-order valence-corrected chi connectivity index (χ2v) is 10.6. The van der Waals surface area contributed by atoms with Crippen molar-refractivity contribution < 1.29 is 44.3 Å². The standard InChI is InChI=1S/C24H34O4.H4O5P2/c1-16(2)18-9-10-20(22(12-18)17(3)4)11-19-7-5-6-8-21(19)23(28)24(13-25,14-26)15-27;1-6(2)5-7(3)4/h5-10,12,16-17,23,25-28H,11,13-15H2,1-4H3;1-4H. The molecule has 9 nitrogen and oxygen atoms in total. The highest BCUT2D eigenvalue weighted by atomic mass is 31.2. The molecule has 11 heteroatoms. The number of aliphatic hydroxyl groups is 4. The lowest BCUT2D eigenvalue weighted by Crippen LogP contribution is -2.40. The van der Waals surface area contributed by atoms with Crippen LogP contribution in [0.4, 0.5) is 0 Å². The van der Waals surface area contributed by atoms with Crippen molar-refractivity contribution in [2.75, 3.05) is 19.8 Å². The molecule has 198 valence electrons. The van der Waals surface area contributed by atoms with Crippen LogP contribution in [-0.2, 0) is 10.7 Å². The third kappa shape index (κ3) is 9.39. The average molecular weight is 533 g/mol. The molecule has 0 aromatic heterocycles. The molecular weight excluding hydrogens is 494 g/mol. The minimum Gasteiger partial charge on any atom is -0.395 e. The fraction of sp³-hybridized carbons (Fsp3) is 0.500. The van der Waals surface area contributed by atoms with Crippen LogP contribution in [0.25, 0.3) is 0 Å². The topological polar surface area (TPSA) is 171 Å². The highest BCUT2D eigenvalue weighted by Gasteiger charge is 2.38. The molecule has 0 aliphatic carbocycles. The molecule has 0 saturated carbocycles. The summed E-state index contributed by atoms with van der Waals surface area (Å²) in [6.45, 7) is 7.21. The second kappa shape index (κ2) is 15.3. The Morgan fingerprint density at radius 1 is 0.743 bits per heavy atom. The zero-order chi connectivity index (χ0) is 26.8. The van der Waals surface area contributed by atoms with Crippen LogP contribution in [0, 0.1) is 5.41 Å². The minimum absolute atomic E-state index is 0.372. The summed E-state index contributed by atoms with van der Waals surface area (Å²) in [5.74, 6) is 0.831. The number of benzene rings is 2. The van der Waals surface area contributed by atoms with E-state index in [1.54, 1.807) is 6.07 Å². The van der Waals surface area contributed by atoms with Crippen molar-refractivity contribution >= 4 is 17.2 Å². The molecule has 2 rings (SSSR count). The van der Waals surface area contributed by atoms with Gasteiger partial charge in [-0.1, -0.05) is 70.2 Å². The Morgan fingerprint density at radius 2 is 1.26 bits per heavy atom. The first-order valence-corrected chi connectivity index (χ1v) is 13.5. The first-order chi connectivity index (χ1) is 16.4. The van der Waals surface area contributed by atoms with Crippen molar-refractivity contribution in [3.8, 4) is 0 Å². The lowest BCUT2D eigenvalue weighted by Gasteiger charge is -2.34. The molecule has 1 atom stereocenters. The van der Waals surface area contributed by atoms with Gasteiger partial charge in [0.15, 0.2) is 0 Å². The Bertz CT molecular complexity index is 873. The smallest absolute Gasteiger partial charge is 0.334 e. The van der Waals surface area contributed by atoms with E-state index >= 15 is 0 Å². The van der Waals surface area contributed by atoms with Crippen LogP contribution >= 0.6 is 17.2 Å². The maximum absolute atomic E-state index is 10.9. The first kappa shape index (κ1) is 32.0. The normalized spacial score (nSPS) is 12.9. The summed E-state index contributed by atoms with van der Waals surface area (Å²) in [4.78, 5) is 31.3. The van der Waals surface area contributed by atoms with Crippen molar-refractivity contribution in [1.29, 1.82) is 0 Å². The Labute approximate surface area is 209 Å². The molecule has 0 spiro atoms. The van der Waals surface area contributed by atoms with Crippen molar-refractivity contribution in [2.24, 2.45) is 5.41 Å². The molecule has 0 saturated heterocycles. The van der Waals surface area contributed by atoms with E-state index in [1.807, 2.05) is 18.2 Å². The van der Waals surface area contributed by atoms with Gasteiger partial charge in [-0.3, -0.25) is 0 Å². The largest absolute Gasteiger partial charge is 0.395 e. The van der Waals surface area contributed by atoms with E-state index in [4.69, 9.17) is 19.6 Å². The van der Waals surface area contributed by atoms with E-state index in [-0.39, 0.29) is 0 Å². The van der Waals surface area contributed by atoms with Gasteiger partial charge in [-0.15, -0.1) is 0 Å². The second-order valence-electron chi connectivity index (χ2n) is 8.97. The van der Waals surface area contributed by atoms with E-state index < -0.39 is 48.5 Å². The molecule has 0 aliphatic heterocycles.